The molecular weight excluding hydrogens is 242 g/mol. The zero-order chi connectivity index (χ0) is 14.7. The van der Waals surface area contributed by atoms with Crippen molar-refractivity contribution in [2.75, 3.05) is 26.4 Å². The number of amides is 1. The van der Waals surface area contributed by atoms with Gasteiger partial charge in [0.1, 0.15) is 5.69 Å². The van der Waals surface area contributed by atoms with Crippen molar-refractivity contribution < 1.29 is 4.79 Å². The molecule has 0 aromatic carbocycles. The maximum absolute atomic E-state index is 12.3. The third-order valence-corrected chi connectivity index (χ3v) is 3.17. The molecule has 108 valence electrons. The summed E-state index contributed by atoms with van der Waals surface area (Å²) in [4.78, 5) is 14.4. The number of rotatable bonds is 5. The molecule has 0 saturated carbocycles. The molecule has 0 aliphatic heterocycles. The van der Waals surface area contributed by atoms with E-state index in [1.54, 1.807) is 14.0 Å². The maximum atomic E-state index is 12.3. The van der Waals surface area contributed by atoms with Gasteiger partial charge in [0.25, 0.3) is 5.91 Å². The minimum atomic E-state index is -0.166. The van der Waals surface area contributed by atoms with Gasteiger partial charge in [0, 0.05) is 19.6 Å². The van der Waals surface area contributed by atoms with Crippen molar-refractivity contribution in [3.8, 4) is 0 Å². The van der Waals surface area contributed by atoms with Crippen LogP contribution in [0.25, 0.3) is 0 Å². The summed E-state index contributed by atoms with van der Waals surface area (Å²) in [5.41, 5.74) is 7.47. The van der Waals surface area contributed by atoms with Crippen LogP contribution in [0.1, 0.15) is 30.0 Å². The van der Waals surface area contributed by atoms with E-state index in [0.717, 1.165) is 6.54 Å². The SMILES string of the molecule is Cc1nn(C)c(C(=O)NC(CN(C)C)C(C)C)c1N. The fourth-order valence-corrected chi connectivity index (χ4v) is 2.00. The first-order valence-corrected chi connectivity index (χ1v) is 6.48. The standard InChI is InChI=1S/C13H25N5O/c1-8(2)10(7-17(4)5)15-13(19)12-11(14)9(3)16-18(12)6/h8,10H,7,14H2,1-6H3,(H,15,19). The van der Waals surface area contributed by atoms with Crippen LogP contribution in [0, 0.1) is 12.8 Å². The van der Waals surface area contributed by atoms with Crippen molar-refractivity contribution in [1.82, 2.24) is 20.0 Å². The summed E-state index contributed by atoms with van der Waals surface area (Å²) in [5, 5.41) is 7.20. The van der Waals surface area contributed by atoms with E-state index in [2.05, 4.69) is 29.2 Å². The minimum Gasteiger partial charge on any atom is -0.395 e. The first kappa shape index (κ1) is 15.5. The first-order chi connectivity index (χ1) is 8.73. The van der Waals surface area contributed by atoms with Gasteiger partial charge in [-0.3, -0.25) is 9.48 Å². The number of nitrogens with zero attached hydrogens (tertiary/aromatic N) is 3. The molecule has 1 aromatic heterocycles. The summed E-state index contributed by atoms with van der Waals surface area (Å²) < 4.78 is 1.53. The number of aromatic nitrogens is 2. The molecule has 1 rings (SSSR count). The van der Waals surface area contributed by atoms with E-state index in [-0.39, 0.29) is 11.9 Å². The van der Waals surface area contributed by atoms with E-state index in [1.807, 2.05) is 14.1 Å². The van der Waals surface area contributed by atoms with Gasteiger partial charge in [-0.1, -0.05) is 13.8 Å². The lowest BCUT2D eigenvalue weighted by atomic mass is 10.0. The van der Waals surface area contributed by atoms with Crippen LogP contribution in [0.5, 0.6) is 0 Å². The summed E-state index contributed by atoms with van der Waals surface area (Å²) in [6, 6.07) is 0.0807. The zero-order valence-electron chi connectivity index (χ0n) is 12.7. The highest BCUT2D eigenvalue weighted by Gasteiger charge is 2.22. The highest BCUT2D eigenvalue weighted by atomic mass is 16.2. The van der Waals surface area contributed by atoms with Gasteiger partial charge in [-0.05, 0) is 26.9 Å². The Kier molecular flexibility index (Phi) is 4.94. The van der Waals surface area contributed by atoms with Gasteiger partial charge in [0.15, 0.2) is 0 Å². The normalized spacial score (nSPS) is 13.1. The highest BCUT2D eigenvalue weighted by molar-refractivity contribution is 5.98. The topological polar surface area (TPSA) is 76.2 Å². The molecular formula is C13H25N5O. The molecule has 6 nitrogen and oxygen atoms in total. The highest BCUT2D eigenvalue weighted by Crippen LogP contribution is 2.15. The van der Waals surface area contributed by atoms with Crippen LogP contribution in [0.2, 0.25) is 0 Å². The van der Waals surface area contributed by atoms with E-state index in [9.17, 15) is 4.79 Å². The number of nitrogens with one attached hydrogen (secondary N) is 1. The van der Waals surface area contributed by atoms with Crippen molar-refractivity contribution in [3.63, 3.8) is 0 Å². The van der Waals surface area contributed by atoms with Gasteiger partial charge in [-0.25, -0.2) is 0 Å². The third kappa shape index (κ3) is 3.70. The lowest BCUT2D eigenvalue weighted by Gasteiger charge is -2.25. The number of aryl methyl sites for hydroxylation is 2. The molecule has 1 heterocycles. The lowest BCUT2D eigenvalue weighted by Crippen LogP contribution is -2.45. The van der Waals surface area contributed by atoms with Crippen molar-refractivity contribution in [2.45, 2.75) is 26.8 Å². The van der Waals surface area contributed by atoms with Crippen LogP contribution in [0.15, 0.2) is 0 Å². The van der Waals surface area contributed by atoms with Crippen LogP contribution < -0.4 is 11.1 Å². The van der Waals surface area contributed by atoms with Gasteiger partial charge in [0.05, 0.1) is 11.4 Å². The Labute approximate surface area is 114 Å². The number of hydrogen-bond acceptors (Lipinski definition) is 4. The average molecular weight is 267 g/mol. The molecule has 1 unspecified atom stereocenters. The van der Waals surface area contributed by atoms with E-state index >= 15 is 0 Å². The fourth-order valence-electron chi connectivity index (χ4n) is 2.00. The summed E-state index contributed by atoms with van der Waals surface area (Å²) in [6.07, 6.45) is 0. The zero-order valence-corrected chi connectivity index (χ0v) is 12.7. The van der Waals surface area contributed by atoms with Crippen molar-refractivity contribution >= 4 is 11.6 Å². The largest absolute Gasteiger partial charge is 0.395 e. The van der Waals surface area contributed by atoms with Crippen molar-refractivity contribution in [3.05, 3.63) is 11.4 Å². The molecule has 1 aromatic rings. The molecule has 6 heteroatoms. The van der Waals surface area contributed by atoms with Crippen LogP contribution in [-0.2, 0) is 7.05 Å². The molecule has 0 saturated heterocycles. The lowest BCUT2D eigenvalue weighted by molar-refractivity contribution is 0.0908. The number of carbonyl (C=O) groups is 1. The second-order valence-corrected chi connectivity index (χ2v) is 5.56. The minimum absolute atomic E-state index is 0.0807. The number of carbonyl (C=O) groups excluding carboxylic acids is 1. The van der Waals surface area contributed by atoms with Crippen molar-refractivity contribution in [1.29, 1.82) is 0 Å². The fraction of sp³-hybridized carbons (Fsp3) is 0.692. The van der Waals surface area contributed by atoms with E-state index in [0.29, 0.717) is 23.0 Å². The number of anilines is 1. The molecule has 3 N–H and O–H groups in total. The molecule has 1 amide bonds. The van der Waals surface area contributed by atoms with E-state index in [1.165, 1.54) is 4.68 Å². The molecule has 0 fully saturated rings. The van der Waals surface area contributed by atoms with Gasteiger partial charge in [-0.2, -0.15) is 5.10 Å². The molecule has 0 spiro atoms. The summed E-state index contributed by atoms with van der Waals surface area (Å²) in [5.74, 6) is 0.183. The average Bonchev–Trinajstić information content (AvgIpc) is 2.51. The molecule has 0 aliphatic rings. The summed E-state index contributed by atoms with van der Waals surface area (Å²) >= 11 is 0. The monoisotopic (exact) mass is 267 g/mol. The Morgan fingerprint density at radius 2 is 2.05 bits per heavy atom. The first-order valence-electron chi connectivity index (χ1n) is 6.48. The maximum Gasteiger partial charge on any atom is 0.271 e. The Hall–Kier alpha value is -1.56. The predicted octanol–water partition coefficient (Wildman–Crippen LogP) is 0.627. The predicted molar refractivity (Wildman–Crippen MR) is 77.0 cm³/mol. The van der Waals surface area contributed by atoms with Gasteiger partial charge in [0.2, 0.25) is 0 Å². The van der Waals surface area contributed by atoms with Crippen LogP contribution >= 0.6 is 0 Å². The number of nitrogens with two attached hydrogens (primary N) is 1. The smallest absolute Gasteiger partial charge is 0.271 e. The molecule has 19 heavy (non-hydrogen) atoms. The second-order valence-electron chi connectivity index (χ2n) is 5.56. The molecule has 1 atom stereocenters. The van der Waals surface area contributed by atoms with Gasteiger partial charge >= 0.3 is 0 Å². The third-order valence-electron chi connectivity index (χ3n) is 3.17. The Morgan fingerprint density at radius 3 is 2.42 bits per heavy atom. The molecule has 0 aliphatic carbocycles. The number of hydrogen-bond donors (Lipinski definition) is 2. The van der Waals surface area contributed by atoms with E-state index in [4.69, 9.17) is 5.73 Å². The van der Waals surface area contributed by atoms with Crippen molar-refractivity contribution in [2.24, 2.45) is 13.0 Å². The molecule has 0 bridgehead atoms. The Bertz CT molecular complexity index is 450. The van der Waals surface area contributed by atoms with Crippen LogP contribution in [0.4, 0.5) is 5.69 Å². The number of nitrogen functional groups attached to an aromatic ring is 1. The van der Waals surface area contributed by atoms with Gasteiger partial charge < -0.3 is 16.0 Å². The summed E-state index contributed by atoms with van der Waals surface area (Å²) in [6.45, 7) is 6.77. The quantitative estimate of drug-likeness (QED) is 0.820. The van der Waals surface area contributed by atoms with Gasteiger partial charge in [-0.15, -0.1) is 0 Å². The summed E-state index contributed by atoms with van der Waals surface area (Å²) in [7, 11) is 5.71. The molecule has 0 radical (unpaired) electrons. The Morgan fingerprint density at radius 1 is 1.47 bits per heavy atom. The van der Waals surface area contributed by atoms with Crippen LogP contribution in [-0.4, -0.2) is 47.3 Å². The Balaban J connectivity index is 2.88. The van der Waals surface area contributed by atoms with Crippen LogP contribution in [0.3, 0.4) is 0 Å². The number of likely N-dealkylation sites (N-methyl/N-ethyl adjacent to an activating group) is 1. The second kappa shape index (κ2) is 6.06. The van der Waals surface area contributed by atoms with E-state index < -0.39 is 0 Å².